The molecule has 1 unspecified atom stereocenters. The van der Waals surface area contributed by atoms with Gasteiger partial charge in [-0.25, -0.2) is 4.98 Å². The van der Waals surface area contributed by atoms with Gasteiger partial charge in [0.1, 0.15) is 5.82 Å². The number of nitrogens with one attached hydrogen (secondary N) is 3. The summed E-state index contributed by atoms with van der Waals surface area (Å²) in [6.45, 7) is 13.3. The van der Waals surface area contributed by atoms with Gasteiger partial charge in [-0.15, -0.1) is 12.6 Å². The van der Waals surface area contributed by atoms with E-state index in [0.29, 0.717) is 11.8 Å². The highest BCUT2D eigenvalue weighted by Crippen LogP contribution is 2.23. The first kappa shape index (κ1) is 37.7. The SMILES string of the molecule is CC.CC/C=C(S)\C=C/CCCNC.Cc1ccc(Nc2ncc(Br)c(NC(C)CO)n2)cc1C.O=C=O. The molecule has 2 aromatic rings. The molecule has 1 aromatic carbocycles. The van der Waals surface area contributed by atoms with Crippen molar-refractivity contribution in [3.63, 3.8) is 0 Å². The lowest BCUT2D eigenvalue weighted by Gasteiger charge is -2.14. The molecule has 0 aliphatic rings. The van der Waals surface area contributed by atoms with Gasteiger partial charge in [0.15, 0.2) is 0 Å². The minimum absolute atomic E-state index is 0.0381. The second-order valence-corrected chi connectivity index (χ2v) is 9.18. The van der Waals surface area contributed by atoms with Crippen LogP contribution in [0.15, 0.2) is 52.0 Å². The standard InChI is InChI=1S/C15H19BrN4O.C10H19NS.C2H6.CO2/c1-9-4-5-12(6-10(9)2)19-15-17-7-13(16)14(20-15)18-11(3)8-21;1-3-7-10(12)8-5-4-6-9-11-2;1-2;2-1-3/h4-7,11,21H,8H2,1-3H3,(H2,17,18,19,20);5,7-8,11-12H,3-4,6,9H2,1-2H3;1-2H3;/b;8-5-,10-7+;;. The van der Waals surface area contributed by atoms with Gasteiger partial charge in [-0.1, -0.05) is 45.1 Å². The molecule has 0 aliphatic heterocycles. The van der Waals surface area contributed by atoms with E-state index in [1.807, 2.05) is 33.9 Å². The van der Waals surface area contributed by atoms with Gasteiger partial charge in [-0.2, -0.15) is 14.6 Å². The Balaban J connectivity index is 0. The summed E-state index contributed by atoms with van der Waals surface area (Å²) in [6, 6.07) is 6.04. The van der Waals surface area contributed by atoms with Crippen molar-refractivity contribution in [3.05, 3.63) is 63.1 Å². The van der Waals surface area contributed by atoms with Gasteiger partial charge in [-0.3, -0.25) is 0 Å². The zero-order valence-corrected chi connectivity index (χ0v) is 26.1. The number of nitrogens with zero attached hydrogens (tertiary/aromatic N) is 2. The summed E-state index contributed by atoms with van der Waals surface area (Å²) in [5.74, 6) is 1.16. The molecule has 0 radical (unpaired) electrons. The zero-order chi connectivity index (χ0) is 29.3. The molecule has 10 heteroatoms. The van der Waals surface area contributed by atoms with Crippen LogP contribution in [0.5, 0.6) is 0 Å². The number of allylic oxidation sites excluding steroid dienone is 3. The van der Waals surface area contributed by atoms with E-state index >= 15 is 0 Å². The molecule has 212 valence electrons. The van der Waals surface area contributed by atoms with Gasteiger partial charge < -0.3 is 21.1 Å². The molecule has 0 saturated carbocycles. The van der Waals surface area contributed by atoms with Crippen LogP contribution in [0.4, 0.5) is 17.5 Å². The number of aromatic nitrogens is 2. The van der Waals surface area contributed by atoms with Crippen LogP contribution in [-0.4, -0.2) is 47.5 Å². The van der Waals surface area contributed by atoms with Crippen molar-refractivity contribution >= 4 is 52.2 Å². The first-order chi connectivity index (χ1) is 18.2. The molecule has 0 saturated heterocycles. The fraction of sp³-hybridized carbons (Fsp3) is 0.464. The molecule has 0 aliphatic carbocycles. The number of benzene rings is 1. The fourth-order valence-electron chi connectivity index (χ4n) is 2.63. The lowest BCUT2D eigenvalue weighted by atomic mass is 10.1. The van der Waals surface area contributed by atoms with E-state index in [2.05, 4.69) is 106 Å². The minimum Gasteiger partial charge on any atom is -0.394 e. The van der Waals surface area contributed by atoms with Crippen LogP contribution in [0.25, 0.3) is 0 Å². The smallest absolute Gasteiger partial charge is 0.373 e. The molecule has 4 N–H and O–H groups in total. The fourth-order valence-corrected chi connectivity index (χ4v) is 3.23. The Bertz CT molecular complexity index is 996. The number of hydrogen-bond acceptors (Lipinski definition) is 9. The maximum Gasteiger partial charge on any atom is 0.373 e. The van der Waals surface area contributed by atoms with E-state index in [1.54, 1.807) is 6.20 Å². The molecule has 1 atom stereocenters. The number of aryl methyl sites for hydroxylation is 2. The summed E-state index contributed by atoms with van der Waals surface area (Å²) in [5.41, 5.74) is 3.40. The molecule has 2 rings (SSSR count). The normalized spacial score (nSPS) is 11.1. The molecule has 0 bridgehead atoms. The van der Waals surface area contributed by atoms with E-state index in [0.717, 1.165) is 34.5 Å². The molecular formula is C28H44BrN5O3S. The summed E-state index contributed by atoms with van der Waals surface area (Å²) in [6.07, 6.45) is 11.7. The second kappa shape index (κ2) is 24.8. The highest BCUT2D eigenvalue weighted by atomic mass is 79.9. The van der Waals surface area contributed by atoms with E-state index in [1.165, 1.54) is 17.5 Å². The monoisotopic (exact) mass is 609 g/mol. The molecular weight excluding hydrogens is 566 g/mol. The number of thiol groups is 1. The molecule has 1 heterocycles. The van der Waals surface area contributed by atoms with E-state index in [-0.39, 0.29) is 18.8 Å². The molecule has 0 spiro atoms. The average molecular weight is 611 g/mol. The predicted molar refractivity (Wildman–Crippen MR) is 165 cm³/mol. The number of aliphatic hydroxyl groups excluding tert-OH is 1. The number of rotatable bonds is 11. The van der Waals surface area contributed by atoms with Gasteiger partial charge in [0.2, 0.25) is 5.95 Å². The van der Waals surface area contributed by atoms with Crippen molar-refractivity contribution in [1.29, 1.82) is 0 Å². The van der Waals surface area contributed by atoms with E-state index in [4.69, 9.17) is 14.7 Å². The highest BCUT2D eigenvalue weighted by Gasteiger charge is 2.08. The summed E-state index contributed by atoms with van der Waals surface area (Å²) >= 11 is 7.69. The lowest BCUT2D eigenvalue weighted by molar-refractivity contribution is -0.191. The third-order valence-electron chi connectivity index (χ3n) is 4.66. The number of unbranched alkanes of at least 4 members (excludes halogenated alkanes) is 1. The van der Waals surface area contributed by atoms with Crippen molar-refractivity contribution in [2.45, 2.75) is 66.8 Å². The molecule has 1 aromatic heterocycles. The van der Waals surface area contributed by atoms with Crippen molar-refractivity contribution in [1.82, 2.24) is 15.3 Å². The number of anilines is 3. The van der Waals surface area contributed by atoms with Crippen LogP contribution >= 0.6 is 28.6 Å². The van der Waals surface area contributed by atoms with Crippen LogP contribution in [-0.2, 0) is 9.59 Å². The van der Waals surface area contributed by atoms with Crippen molar-refractivity contribution in [2.24, 2.45) is 0 Å². The number of carbonyl (C=O) groups excluding carboxylic acids is 2. The average Bonchev–Trinajstić information content (AvgIpc) is 2.90. The third kappa shape index (κ3) is 18.7. The van der Waals surface area contributed by atoms with Crippen molar-refractivity contribution < 1.29 is 14.7 Å². The summed E-state index contributed by atoms with van der Waals surface area (Å²) < 4.78 is 0.758. The maximum atomic E-state index is 9.11. The Hall–Kier alpha value is -2.49. The van der Waals surface area contributed by atoms with Crippen LogP contribution in [0.2, 0.25) is 0 Å². The van der Waals surface area contributed by atoms with Crippen LogP contribution in [0, 0.1) is 13.8 Å². The quantitative estimate of drug-likeness (QED) is 0.110. The molecule has 0 amide bonds. The lowest BCUT2D eigenvalue weighted by Crippen LogP contribution is -2.20. The molecule has 38 heavy (non-hydrogen) atoms. The van der Waals surface area contributed by atoms with Gasteiger partial charge >= 0.3 is 6.15 Å². The van der Waals surface area contributed by atoms with Gasteiger partial charge in [0, 0.05) is 17.9 Å². The topological polar surface area (TPSA) is 116 Å². The predicted octanol–water partition coefficient (Wildman–Crippen LogP) is 6.60. The number of hydrogen-bond donors (Lipinski definition) is 5. The number of halogens is 1. The Labute approximate surface area is 242 Å². The largest absolute Gasteiger partial charge is 0.394 e. The van der Waals surface area contributed by atoms with Gasteiger partial charge in [-0.05, 0) is 97.7 Å². The molecule has 0 fully saturated rings. The Kier molecular flexibility index (Phi) is 24.6. The highest BCUT2D eigenvalue weighted by molar-refractivity contribution is 9.10. The Morgan fingerprint density at radius 2 is 1.89 bits per heavy atom. The summed E-state index contributed by atoms with van der Waals surface area (Å²) in [5, 5.41) is 18.5. The van der Waals surface area contributed by atoms with E-state index < -0.39 is 0 Å². The van der Waals surface area contributed by atoms with Gasteiger partial charge in [0.05, 0.1) is 11.1 Å². The first-order valence-electron chi connectivity index (χ1n) is 12.7. The van der Waals surface area contributed by atoms with Crippen molar-refractivity contribution in [3.8, 4) is 0 Å². The van der Waals surface area contributed by atoms with Crippen LogP contribution in [0.1, 0.15) is 58.1 Å². The van der Waals surface area contributed by atoms with Crippen molar-refractivity contribution in [2.75, 3.05) is 30.8 Å². The maximum absolute atomic E-state index is 9.11. The van der Waals surface area contributed by atoms with Crippen LogP contribution < -0.4 is 16.0 Å². The Morgan fingerprint density at radius 3 is 2.45 bits per heavy atom. The summed E-state index contributed by atoms with van der Waals surface area (Å²) in [4.78, 5) is 26.0. The second-order valence-electron chi connectivity index (χ2n) is 7.81. The summed E-state index contributed by atoms with van der Waals surface area (Å²) in [7, 11) is 1.98. The Morgan fingerprint density at radius 1 is 1.24 bits per heavy atom. The molecule has 8 nitrogen and oxygen atoms in total. The number of aliphatic hydroxyl groups is 1. The minimum atomic E-state index is -0.0781. The van der Waals surface area contributed by atoms with Gasteiger partial charge in [0.25, 0.3) is 0 Å². The van der Waals surface area contributed by atoms with E-state index in [9.17, 15) is 0 Å². The third-order valence-corrected chi connectivity index (χ3v) is 5.58. The van der Waals surface area contributed by atoms with Crippen LogP contribution in [0.3, 0.4) is 0 Å². The zero-order valence-electron chi connectivity index (χ0n) is 23.6. The first-order valence-corrected chi connectivity index (χ1v) is 13.9.